The van der Waals surface area contributed by atoms with Crippen molar-refractivity contribution in [2.45, 2.75) is 43.9 Å². The molecule has 1 saturated carbocycles. The van der Waals surface area contributed by atoms with Crippen LogP contribution < -0.4 is 25.3 Å². The molecule has 0 bridgehead atoms. The van der Waals surface area contributed by atoms with Crippen LogP contribution in [-0.4, -0.2) is 60.9 Å². The molecule has 2 N–H and O–H groups in total. The summed E-state index contributed by atoms with van der Waals surface area (Å²) in [4.78, 5) is 16.9. The fourth-order valence-electron chi connectivity index (χ4n) is 6.40. The maximum Gasteiger partial charge on any atom is 0.232 e. The van der Waals surface area contributed by atoms with Crippen LogP contribution in [0.1, 0.15) is 44.1 Å². The number of anilines is 4. The Morgan fingerprint density at radius 3 is 2.02 bits per heavy atom. The summed E-state index contributed by atoms with van der Waals surface area (Å²) in [5.74, 6) is 2.23. The normalized spacial score (nSPS) is 18.7. The van der Waals surface area contributed by atoms with E-state index in [4.69, 9.17) is 22.2 Å². The van der Waals surface area contributed by atoms with E-state index in [0.717, 1.165) is 63.7 Å². The summed E-state index contributed by atoms with van der Waals surface area (Å²) in [5.41, 5.74) is 2.40. The summed E-state index contributed by atoms with van der Waals surface area (Å²) in [6.07, 6.45) is 6.83. The van der Waals surface area contributed by atoms with Crippen molar-refractivity contribution in [2.75, 3.05) is 65.8 Å². The minimum Gasteiger partial charge on any atom is -0.368 e. The lowest BCUT2D eigenvalue weighted by atomic mass is 9.79. The van der Waals surface area contributed by atoms with Gasteiger partial charge in [-0.1, -0.05) is 43.2 Å². The molecule has 3 aliphatic rings. The minimum absolute atomic E-state index is 0.0404. The molecule has 3 aromatic rings. The van der Waals surface area contributed by atoms with Gasteiger partial charge in [-0.15, -0.1) is 0 Å². The van der Waals surface area contributed by atoms with Gasteiger partial charge in [0.05, 0.1) is 0 Å². The summed E-state index contributed by atoms with van der Waals surface area (Å²) in [7, 11) is 0. The summed E-state index contributed by atoms with van der Waals surface area (Å²) in [5, 5.41) is 7.27. The minimum atomic E-state index is -0.200. The average Bonchev–Trinajstić information content (AvgIpc) is 3.71. The van der Waals surface area contributed by atoms with Gasteiger partial charge in [0.25, 0.3) is 0 Å². The van der Waals surface area contributed by atoms with E-state index >= 15 is 0 Å². The first-order valence-corrected chi connectivity index (χ1v) is 15.0. The first kappa shape index (κ1) is 26.7. The Morgan fingerprint density at radius 1 is 0.775 bits per heavy atom. The van der Waals surface area contributed by atoms with Gasteiger partial charge in [-0.2, -0.15) is 9.97 Å². The van der Waals surface area contributed by atoms with Gasteiger partial charge in [0.15, 0.2) is 5.11 Å². The Kier molecular flexibility index (Phi) is 8.00. The third-order valence-corrected chi connectivity index (χ3v) is 8.93. The Balaban J connectivity index is 1.15. The van der Waals surface area contributed by atoms with Gasteiger partial charge in [-0.05, 0) is 67.7 Å². The number of nitrogens with one attached hydrogen (secondary N) is 2. The van der Waals surface area contributed by atoms with Crippen LogP contribution in [0.4, 0.5) is 27.7 Å². The molecule has 0 radical (unpaired) electrons. The first-order chi connectivity index (χ1) is 19.6. The van der Waals surface area contributed by atoms with Gasteiger partial charge in [-0.25, -0.2) is 4.39 Å². The number of benzene rings is 2. The van der Waals surface area contributed by atoms with E-state index in [1.807, 2.05) is 12.1 Å². The second-order valence-electron chi connectivity index (χ2n) is 11.2. The molecule has 210 valence electrons. The zero-order valence-corrected chi connectivity index (χ0v) is 23.8. The molecular weight excluding hydrogens is 521 g/mol. The predicted octanol–water partition coefficient (Wildman–Crippen LogP) is 5.34. The van der Waals surface area contributed by atoms with Crippen LogP contribution in [0.3, 0.4) is 0 Å². The highest BCUT2D eigenvalue weighted by Gasteiger charge is 2.35. The third-order valence-electron chi connectivity index (χ3n) is 8.68. The van der Waals surface area contributed by atoms with E-state index in [9.17, 15) is 4.39 Å². The largest absolute Gasteiger partial charge is 0.368 e. The van der Waals surface area contributed by atoms with Crippen LogP contribution in [0.2, 0.25) is 0 Å². The van der Waals surface area contributed by atoms with E-state index in [1.165, 1.54) is 36.9 Å². The zero-order chi connectivity index (χ0) is 27.4. The standard InChI is InChI=1S/C31H38FN7S/c32-25-12-10-24(11-13-25)31(14-4-5-15-31)23-33-30(40)36-29-34-27(38-16-6-7-17-38)22-28(35-29)39-20-18-37(19-21-39)26-8-2-1-3-9-26/h1-3,8-13,22H,4-7,14-21,23H2,(H2,33,34,35,36,40). The van der Waals surface area contributed by atoms with Gasteiger partial charge < -0.3 is 25.3 Å². The number of para-hydroxylation sites is 1. The summed E-state index contributed by atoms with van der Waals surface area (Å²) in [6.45, 7) is 6.41. The smallest absolute Gasteiger partial charge is 0.232 e. The number of nitrogens with zero attached hydrogens (tertiary/aromatic N) is 5. The number of rotatable bonds is 7. The summed E-state index contributed by atoms with van der Waals surface area (Å²) < 4.78 is 13.6. The van der Waals surface area contributed by atoms with Crippen molar-refractivity contribution in [1.82, 2.24) is 15.3 Å². The molecule has 1 aromatic heterocycles. The number of thiocarbonyl (C=S) groups is 1. The fraction of sp³-hybridized carbons (Fsp3) is 0.452. The van der Waals surface area contributed by atoms with Crippen molar-refractivity contribution in [3.63, 3.8) is 0 Å². The van der Waals surface area contributed by atoms with Crippen molar-refractivity contribution >= 4 is 40.6 Å². The predicted molar refractivity (Wildman–Crippen MR) is 165 cm³/mol. The second-order valence-corrected chi connectivity index (χ2v) is 11.6. The molecule has 6 rings (SSSR count). The van der Waals surface area contributed by atoms with E-state index < -0.39 is 0 Å². The van der Waals surface area contributed by atoms with Crippen molar-refractivity contribution < 1.29 is 4.39 Å². The lowest BCUT2D eigenvalue weighted by Crippen LogP contribution is -2.47. The van der Waals surface area contributed by atoms with Gasteiger partial charge in [0.1, 0.15) is 17.5 Å². The summed E-state index contributed by atoms with van der Waals surface area (Å²) in [6, 6.07) is 19.7. The van der Waals surface area contributed by atoms with Crippen LogP contribution in [0, 0.1) is 5.82 Å². The maximum atomic E-state index is 13.6. The SMILES string of the molecule is Fc1ccc(C2(CNC(=S)Nc3nc(N4CCCC4)cc(N4CCN(c5ccccc5)CC4)n3)CCCC2)cc1. The Morgan fingerprint density at radius 2 is 1.38 bits per heavy atom. The summed E-state index contributed by atoms with van der Waals surface area (Å²) >= 11 is 5.74. The van der Waals surface area contributed by atoms with E-state index in [0.29, 0.717) is 17.6 Å². The molecule has 0 spiro atoms. The van der Waals surface area contributed by atoms with Gasteiger partial charge in [0.2, 0.25) is 5.95 Å². The Bertz CT molecular complexity index is 1280. The lowest BCUT2D eigenvalue weighted by Gasteiger charge is -2.37. The monoisotopic (exact) mass is 559 g/mol. The van der Waals surface area contributed by atoms with Crippen LogP contribution >= 0.6 is 12.2 Å². The quantitative estimate of drug-likeness (QED) is 0.376. The first-order valence-electron chi connectivity index (χ1n) is 14.6. The van der Waals surface area contributed by atoms with Gasteiger partial charge in [-0.3, -0.25) is 0 Å². The highest BCUT2D eigenvalue weighted by molar-refractivity contribution is 7.80. The van der Waals surface area contributed by atoms with Crippen molar-refractivity contribution in [2.24, 2.45) is 0 Å². The third kappa shape index (κ3) is 5.99. The zero-order valence-electron chi connectivity index (χ0n) is 23.0. The molecule has 9 heteroatoms. The van der Waals surface area contributed by atoms with E-state index in [2.05, 4.69) is 61.7 Å². The van der Waals surface area contributed by atoms with Crippen molar-refractivity contribution in [1.29, 1.82) is 0 Å². The molecule has 2 aliphatic heterocycles. The molecule has 3 heterocycles. The highest BCUT2D eigenvalue weighted by Crippen LogP contribution is 2.40. The van der Waals surface area contributed by atoms with Crippen LogP contribution in [0.15, 0.2) is 60.7 Å². The molecule has 2 saturated heterocycles. The fourth-order valence-corrected chi connectivity index (χ4v) is 6.56. The second kappa shape index (κ2) is 12.0. The topological polar surface area (TPSA) is 59.6 Å². The van der Waals surface area contributed by atoms with Gasteiger partial charge in [0, 0.05) is 63.0 Å². The number of aromatic nitrogens is 2. The number of halogens is 1. The Labute approximate surface area is 241 Å². The molecule has 3 fully saturated rings. The van der Waals surface area contributed by atoms with E-state index in [-0.39, 0.29) is 11.2 Å². The Hall–Kier alpha value is -3.46. The number of hydrogen-bond acceptors (Lipinski definition) is 6. The van der Waals surface area contributed by atoms with Crippen molar-refractivity contribution in [3.05, 3.63) is 72.0 Å². The maximum absolute atomic E-state index is 13.6. The highest BCUT2D eigenvalue weighted by atomic mass is 32.1. The van der Waals surface area contributed by atoms with Crippen LogP contribution in [-0.2, 0) is 5.41 Å². The van der Waals surface area contributed by atoms with Crippen molar-refractivity contribution in [3.8, 4) is 0 Å². The van der Waals surface area contributed by atoms with Crippen LogP contribution in [0.5, 0.6) is 0 Å². The molecular formula is C31H38FN7S. The molecule has 0 amide bonds. The van der Waals surface area contributed by atoms with E-state index in [1.54, 1.807) is 12.1 Å². The molecule has 0 unspecified atom stereocenters. The molecule has 1 aliphatic carbocycles. The lowest BCUT2D eigenvalue weighted by molar-refractivity contribution is 0.434. The molecule has 40 heavy (non-hydrogen) atoms. The average molecular weight is 560 g/mol. The number of hydrogen-bond donors (Lipinski definition) is 2. The molecule has 0 atom stereocenters. The number of piperazine rings is 1. The van der Waals surface area contributed by atoms with Crippen LogP contribution in [0.25, 0.3) is 0 Å². The molecule has 7 nitrogen and oxygen atoms in total. The molecule has 2 aromatic carbocycles. The van der Waals surface area contributed by atoms with Gasteiger partial charge >= 0.3 is 0 Å².